The van der Waals surface area contributed by atoms with E-state index in [4.69, 9.17) is 13.3 Å². The molecule has 0 aliphatic heterocycles. The first-order valence-electron chi connectivity index (χ1n) is 6.87. The van der Waals surface area contributed by atoms with Crippen molar-refractivity contribution < 1.29 is 13.3 Å². The van der Waals surface area contributed by atoms with Crippen LogP contribution in [0, 0.1) is 0 Å². The average molecular weight is 405 g/mol. The van der Waals surface area contributed by atoms with Crippen molar-refractivity contribution in [2.45, 2.75) is 11.0 Å². The fourth-order valence-corrected chi connectivity index (χ4v) is 3.00. The van der Waals surface area contributed by atoms with Gasteiger partial charge in [0, 0.05) is 4.47 Å². The quantitative estimate of drug-likeness (QED) is 0.451. The average Bonchev–Trinajstić information content (AvgIpc) is 3.34. The third-order valence-corrected chi connectivity index (χ3v) is 4.52. The Labute approximate surface area is 148 Å². The Morgan fingerprint density at radius 1 is 0.917 bits per heavy atom. The third kappa shape index (κ3) is 3.13. The summed E-state index contributed by atoms with van der Waals surface area (Å²) in [6.45, 7) is 0. The van der Waals surface area contributed by atoms with Gasteiger partial charge in [-0.25, -0.2) is 0 Å². The van der Waals surface area contributed by atoms with Gasteiger partial charge in [-0.3, -0.25) is 0 Å². The van der Waals surface area contributed by atoms with Crippen LogP contribution in [-0.4, -0.2) is 20.4 Å². The summed E-state index contributed by atoms with van der Waals surface area (Å²) in [4.78, 5) is 0. The van der Waals surface area contributed by atoms with Gasteiger partial charge in [0.2, 0.25) is 11.8 Å². The molecule has 0 saturated carbocycles. The van der Waals surface area contributed by atoms with E-state index in [0.717, 1.165) is 10.0 Å². The lowest BCUT2D eigenvalue weighted by Crippen LogP contribution is -1.80. The van der Waals surface area contributed by atoms with Crippen molar-refractivity contribution in [2.75, 3.05) is 0 Å². The molecule has 24 heavy (non-hydrogen) atoms. The number of nitrogens with zero attached hydrogens (tertiary/aromatic N) is 4. The topological polar surface area (TPSA) is 91.0 Å². The SMILES string of the molecule is Brc1ccccc1-c1nnc(CSc2nnc(-c3ccco3)o2)o1. The van der Waals surface area contributed by atoms with E-state index in [0.29, 0.717) is 34.4 Å². The summed E-state index contributed by atoms with van der Waals surface area (Å²) in [6, 6.07) is 11.2. The van der Waals surface area contributed by atoms with E-state index < -0.39 is 0 Å². The molecule has 0 spiro atoms. The maximum absolute atomic E-state index is 5.67. The van der Waals surface area contributed by atoms with E-state index >= 15 is 0 Å². The van der Waals surface area contributed by atoms with E-state index in [9.17, 15) is 0 Å². The van der Waals surface area contributed by atoms with Crippen LogP contribution in [0.25, 0.3) is 23.1 Å². The molecule has 3 heterocycles. The number of aromatic nitrogens is 4. The van der Waals surface area contributed by atoms with Crippen molar-refractivity contribution in [3.63, 3.8) is 0 Å². The van der Waals surface area contributed by atoms with Gasteiger partial charge in [0.25, 0.3) is 11.1 Å². The normalized spacial score (nSPS) is 11.0. The number of thioether (sulfide) groups is 1. The van der Waals surface area contributed by atoms with Crippen LogP contribution in [0.4, 0.5) is 0 Å². The summed E-state index contributed by atoms with van der Waals surface area (Å²) < 4.78 is 17.3. The number of rotatable bonds is 5. The number of furan rings is 1. The number of halogens is 1. The molecule has 0 unspecified atom stereocenters. The fraction of sp³-hybridized carbons (Fsp3) is 0.0667. The highest BCUT2D eigenvalue weighted by molar-refractivity contribution is 9.10. The Bertz CT molecular complexity index is 951. The van der Waals surface area contributed by atoms with E-state index in [1.807, 2.05) is 24.3 Å². The van der Waals surface area contributed by atoms with Crippen LogP contribution in [-0.2, 0) is 5.75 Å². The molecular formula is C15H9BrN4O3S. The smallest absolute Gasteiger partial charge is 0.284 e. The number of hydrogen-bond donors (Lipinski definition) is 0. The van der Waals surface area contributed by atoms with Gasteiger partial charge in [-0.15, -0.1) is 20.4 Å². The second-order valence-corrected chi connectivity index (χ2v) is 6.40. The van der Waals surface area contributed by atoms with Gasteiger partial charge in [-0.05, 0) is 40.2 Å². The van der Waals surface area contributed by atoms with E-state index in [1.54, 1.807) is 18.4 Å². The highest BCUT2D eigenvalue weighted by atomic mass is 79.9. The van der Waals surface area contributed by atoms with Crippen molar-refractivity contribution in [3.8, 4) is 23.1 Å². The second-order valence-electron chi connectivity index (χ2n) is 4.62. The molecule has 0 radical (unpaired) electrons. The summed E-state index contributed by atoms with van der Waals surface area (Å²) in [5.74, 6) is 2.23. The molecule has 0 amide bonds. The lowest BCUT2D eigenvalue weighted by atomic mass is 10.2. The maximum Gasteiger partial charge on any atom is 0.284 e. The Balaban J connectivity index is 1.45. The molecular weight excluding hydrogens is 396 g/mol. The summed E-state index contributed by atoms with van der Waals surface area (Å²) in [5.41, 5.74) is 0.846. The molecule has 0 saturated heterocycles. The predicted molar refractivity (Wildman–Crippen MR) is 89.0 cm³/mol. The van der Waals surface area contributed by atoms with Gasteiger partial charge in [-0.2, -0.15) is 0 Å². The van der Waals surface area contributed by atoms with Crippen molar-refractivity contribution in [3.05, 3.63) is 53.0 Å². The Morgan fingerprint density at radius 2 is 1.79 bits per heavy atom. The minimum absolute atomic E-state index is 0.335. The summed E-state index contributed by atoms with van der Waals surface area (Å²) >= 11 is 4.78. The molecule has 4 aromatic rings. The van der Waals surface area contributed by atoms with Gasteiger partial charge in [-0.1, -0.05) is 23.9 Å². The van der Waals surface area contributed by atoms with Crippen molar-refractivity contribution >= 4 is 27.7 Å². The highest BCUT2D eigenvalue weighted by Crippen LogP contribution is 2.29. The van der Waals surface area contributed by atoms with Crippen molar-refractivity contribution in [1.29, 1.82) is 0 Å². The largest absolute Gasteiger partial charge is 0.459 e. The monoisotopic (exact) mass is 404 g/mol. The summed E-state index contributed by atoms with van der Waals surface area (Å²) in [6.07, 6.45) is 1.55. The first-order valence-corrected chi connectivity index (χ1v) is 8.65. The molecule has 0 bridgehead atoms. The molecule has 7 nitrogen and oxygen atoms in total. The minimum atomic E-state index is 0.335. The molecule has 120 valence electrons. The Kier molecular flexibility index (Phi) is 4.18. The number of hydrogen-bond acceptors (Lipinski definition) is 8. The van der Waals surface area contributed by atoms with Crippen LogP contribution in [0.5, 0.6) is 0 Å². The molecule has 3 aromatic heterocycles. The second kappa shape index (κ2) is 6.62. The Morgan fingerprint density at radius 3 is 2.62 bits per heavy atom. The van der Waals surface area contributed by atoms with E-state index in [-0.39, 0.29) is 0 Å². The van der Waals surface area contributed by atoms with Gasteiger partial charge >= 0.3 is 0 Å². The predicted octanol–water partition coefficient (Wildman–Crippen LogP) is 4.43. The van der Waals surface area contributed by atoms with Crippen LogP contribution < -0.4 is 0 Å². The molecule has 1 aromatic carbocycles. The van der Waals surface area contributed by atoms with Gasteiger partial charge in [0.1, 0.15) is 0 Å². The first kappa shape index (κ1) is 15.2. The lowest BCUT2D eigenvalue weighted by molar-refractivity contribution is 0.446. The first-order chi connectivity index (χ1) is 11.8. The molecule has 0 fully saturated rings. The standard InChI is InChI=1S/C15H9BrN4O3S/c16-10-5-2-1-4-9(10)13-18-17-12(22-13)8-24-15-20-19-14(23-15)11-6-3-7-21-11/h1-7H,8H2. The molecule has 0 atom stereocenters. The van der Waals surface area contributed by atoms with Gasteiger partial charge in [0.15, 0.2) is 5.76 Å². The zero-order chi connectivity index (χ0) is 16.4. The maximum atomic E-state index is 5.67. The van der Waals surface area contributed by atoms with Crippen LogP contribution >= 0.6 is 27.7 Å². The van der Waals surface area contributed by atoms with Crippen molar-refractivity contribution in [2.24, 2.45) is 0 Å². The Hall–Kier alpha value is -2.39. The van der Waals surface area contributed by atoms with Crippen LogP contribution in [0.3, 0.4) is 0 Å². The van der Waals surface area contributed by atoms with Crippen molar-refractivity contribution in [1.82, 2.24) is 20.4 Å². The molecule has 0 N–H and O–H groups in total. The molecule has 9 heteroatoms. The lowest BCUT2D eigenvalue weighted by Gasteiger charge is -1.97. The molecule has 0 aliphatic carbocycles. The molecule has 4 rings (SSSR count). The highest BCUT2D eigenvalue weighted by Gasteiger charge is 2.14. The summed E-state index contributed by atoms with van der Waals surface area (Å²) in [5, 5.41) is 16.4. The zero-order valence-corrected chi connectivity index (χ0v) is 14.5. The van der Waals surface area contributed by atoms with Crippen LogP contribution in [0.2, 0.25) is 0 Å². The van der Waals surface area contributed by atoms with Gasteiger partial charge in [0.05, 0.1) is 17.6 Å². The zero-order valence-electron chi connectivity index (χ0n) is 12.0. The van der Waals surface area contributed by atoms with Crippen LogP contribution in [0.1, 0.15) is 5.89 Å². The van der Waals surface area contributed by atoms with E-state index in [1.165, 1.54) is 11.8 Å². The minimum Gasteiger partial charge on any atom is -0.459 e. The van der Waals surface area contributed by atoms with Crippen LogP contribution in [0.15, 0.2) is 65.6 Å². The third-order valence-electron chi connectivity index (χ3n) is 3.03. The fourth-order valence-electron chi connectivity index (χ4n) is 1.95. The number of benzene rings is 1. The van der Waals surface area contributed by atoms with E-state index in [2.05, 4.69) is 36.3 Å². The molecule has 0 aliphatic rings. The van der Waals surface area contributed by atoms with Gasteiger partial charge < -0.3 is 13.3 Å². The summed E-state index contributed by atoms with van der Waals surface area (Å²) in [7, 11) is 0.